The topological polar surface area (TPSA) is 23.8 Å². The van der Waals surface area contributed by atoms with Crippen LogP contribution in [-0.2, 0) is 5.33 Å². The van der Waals surface area contributed by atoms with E-state index in [1.807, 2.05) is 17.5 Å². The van der Waals surface area contributed by atoms with Gasteiger partial charge in [-0.15, -0.1) is 11.3 Å². The summed E-state index contributed by atoms with van der Waals surface area (Å²) >= 11 is 4.54. The fourth-order valence-corrected chi connectivity index (χ4v) is 2.73. The van der Waals surface area contributed by atoms with Crippen molar-refractivity contribution in [3.05, 3.63) is 34.5 Å². The maximum Gasteiger partial charge on any atom is 0.146 e. The van der Waals surface area contributed by atoms with Gasteiger partial charge in [-0.2, -0.15) is 5.26 Å². The molecule has 0 spiro atoms. The highest BCUT2D eigenvalue weighted by Gasteiger charge is 2.12. The highest BCUT2D eigenvalue weighted by atomic mass is 79.9. The predicted molar refractivity (Wildman–Crippen MR) is 59.1 cm³/mol. The highest BCUT2D eigenvalue weighted by molar-refractivity contribution is 9.08. The van der Waals surface area contributed by atoms with Gasteiger partial charge in [-0.25, -0.2) is 4.39 Å². The van der Waals surface area contributed by atoms with E-state index in [4.69, 9.17) is 5.26 Å². The van der Waals surface area contributed by atoms with E-state index in [1.54, 1.807) is 6.07 Å². The van der Waals surface area contributed by atoms with E-state index in [2.05, 4.69) is 15.9 Å². The van der Waals surface area contributed by atoms with Crippen LogP contribution in [-0.4, -0.2) is 0 Å². The lowest BCUT2D eigenvalue weighted by molar-refractivity contribution is 0.631. The number of alkyl halides is 1. The number of hydrogen-bond acceptors (Lipinski definition) is 2. The van der Waals surface area contributed by atoms with E-state index in [-0.39, 0.29) is 5.82 Å². The summed E-state index contributed by atoms with van der Waals surface area (Å²) in [6.45, 7) is 0. The quantitative estimate of drug-likeness (QED) is 0.723. The minimum absolute atomic E-state index is 0.272. The molecular formula is C10H5BrFNS. The number of nitrogens with zero attached hydrogens (tertiary/aromatic N) is 1. The average Bonchev–Trinajstić information content (AvgIpc) is 2.65. The van der Waals surface area contributed by atoms with Crippen LogP contribution < -0.4 is 0 Å². The van der Waals surface area contributed by atoms with Crippen molar-refractivity contribution >= 4 is 37.4 Å². The minimum atomic E-state index is -0.272. The average molecular weight is 270 g/mol. The van der Waals surface area contributed by atoms with Crippen molar-refractivity contribution in [2.75, 3.05) is 0 Å². The zero-order valence-electron chi connectivity index (χ0n) is 7.05. The predicted octanol–water partition coefficient (Wildman–Crippen LogP) is 3.81. The molecule has 0 N–H and O–H groups in total. The lowest BCUT2D eigenvalue weighted by Crippen LogP contribution is -1.91. The Kier molecular flexibility index (Phi) is 2.53. The van der Waals surface area contributed by atoms with E-state index in [1.165, 1.54) is 11.3 Å². The van der Waals surface area contributed by atoms with Crippen LogP contribution in [0, 0.1) is 17.1 Å². The molecule has 1 aromatic heterocycles. The summed E-state index contributed by atoms with van der Waals surface area (Å²) in [6.07, 6.45) is 0. The first-order valence-electron chi connectivity index (χ1n) is 3.92. The SMILES string of the molecule is N#Cc1cc2ccsc2c(F)c1CBr. The van der Waals surface area contributed by atoms with Crippen LogP contribution in [0.5, 0.6) is 0 Å². The normalized spacial score (nSPS) is 10.4. The van der Waals surface area contributed by atoms with Crippen molar-refractivity contribution in [3.63, 3.8) is 0 Å². The Morgan fingerprint density at radius 2 is 2.36 bits per heavy atom. The van der Waals surface area contributed by atoms with Crippen molar-refractivity contribution in [1.29, 1.82) is 5.26 Å². The number of nitriles is 1. The van der Waals surface area contributed by atoms with E-state index >= 15 is 0 Å². The molecule has 14 heavy (non-hydrogen) atoms. The van der Waals surface area contributed by atoms with E-state index in [9.17, 15) is 4.39 Å². The molecule has 1 aromatic carbocycles. The van der Waals surface area contributed by atoms with Crippen LogP contribution in [0.4, 0.5) is 4.39 Å². The van der Waals surface area contributed by atoms with Crippen LogP contribution in [0.1, 0.15) is 11.1 Å². The molecule has 0 aliphatic rings. The van der Waals surface area contributed by atoms with Gasteiger partial charge in [0, 0.05) is 10.9 Å². The summed E-state index contributed by atoms with van der Waals surface area (Å²) in [5.41, 5.74) is 0.854. The number of benzene rings is 1. The van der Waals surface area contributed by atoms with Gasteiger partial charge in [0.2, 0.25) is 0 Å². The van der Waals surface area contributed by atoms with Crippen LogP contribution in [0.25, 0.3) is 10.1 Å². The monoisotopic (exact) mass is 269 g/mol. The molecule has 4 heteroatoms. The Hall–Kier alpha value is -0.920. The van der Waals surface area contributed by atoms with Crippen molar-refractivity contribution < 1.29 is 4.39 Å². The van der Waals surface area contributed by atoms with Crippen LogP contribution in [0.3, 0.4) is 0 Å². The van der Waals surface area contributed by atoms with Crippen molar-refractivity contribution in [3.8, 4) is 6.07 Å². The Bertz CT molecular complexity index is 527. The van der Waals surface area contributed by atoms with Gasteiger partial charge in [0.1, 0.15) is 5.82 Å². The van der Waals surface area contributed by atoms with Crippen molar-refractivity contribution in [1.82, 2.24) is 0 Å². The van der Waals surface area contributed by atoms with Gasteiger partial charge in [-0.05, 0) is 22.9 Å². The van der Waals surface area contributed by atoms with E-state index in [0.29, 0.717) is 21.2 Å². The van der Waals surface area contributed by atoms with Gasteiger partial charge in [0.15, 0.2) is 0 Å². The molecule has 0 fully saturated rings. The van der Waals surface area contributed by atoms with Gasteiger partial charge >= 0.3 is 0 Å². The highest BCUT2D eigenvalue weighted by Crippen LogP contribution is 2.29. The first-order chi connectivity index (χ1) is 6.77. The second-order valence-corrected chi connectivity index (χ2v) is 4.28. The molecule has 0 amide bonds. The molecular weight excluding hydrogens is 265 g/mol. The summed E-state index contributed by atoms with van der Waals surface area (Å²) < 4.78 is 14.4. The largest absolute Gasteiger partial charge is 0.205 e. The Morgan fingerprint density at radius 3 is 3.00 bits per heavy atom. The molecule has 0 aliphatic carbocycles. The minimum Gasteiger partial charge on any atom is -0.205 e. The molecule has 0 saturated heterocycles. The standard InChI is InChI=1S/C10H5BrFNS/c11-4-8-7(5-13)3-6-1-2-14-10(6)9(8)12/h1-3H,4H2. The van der Waals surface area contributed by atoms with E-state index < -0.39 is 0 Å². The summed E-state index contributed by atoms with van der Waals surface area (Å²) in [5, 5.41) is 11.8. The molecule has 1 nitrogen and oxygen atoms in total. The molecule has 0 saturated carbocycles. The molecule has 0 radical (unpaired) electrons. The van der Waals surface area contributed by atoms with Crippen LogP contribution >= 0.6 is 27.3 Å². The van der Waals surface area contributed by atoms with Gasteiger partial charge in [0.25, 0.3) is 0 Å². The molecule has 2 rings (SSSR count). The molecule has 0 aliphatic heterocycles. The Morgan fingerprint density at radius 1 is 1.57 bits per heavy atom. The van der Waals surface area contributed by atoms with Gasteiger partial charge in [0.05, 0.1) is 16.3 Å². The maximum atomic E-state index is 13.8. The third-order valence-corrected chi connectivity index (χ3v) is 3.52. The summed E-state index contributed by atoms with van der Waals surface area (Å²) in [4.78, 5) is 0. The number of hydrogen-bond donors (Lipinski definition) is 0. The third kappa shape index (κ3) is 1.33. The molecule has 2 aromatic rings. The lowest BCUT2D eigenvalue weighted by atomic mass is 10.1. The van der Waals surface area contributed by atoms with Gasteiger partial charge in [-0.1, -0.05) is 15.9 Å². The molecule has 70 valence electrons. The fraction of sp³-hybridized carbons (Fsp3) is 0.100. The first-order valence-corrected chi connectivity index (χ1v) is 5.92. The number of fused-ring (bicyclic) bond motifs is 1. The second kappa shape index (κ2) is 3.68. The summed E-state index contributed by atoms with van der Waals surface area (Å²) in [7, 11) is 0. The zero-order chi connectivity index (χ0) is 10.1. The lowest BCUT2D eigenvalue weighted by Gasteiger charge is -2.02. The maximum absolute atomic E-state index is 13.8. The van der Waals surface area contributed by atoms with Gasteiger partial charge < -0.3 is 0 Å². The van der Waals surface area contributed by atoms with Crippen LogP contribution in [0.2, 0.25) is 0 Å². The molecule has 0 bridgehead atoms. The fourth-order valence-electron chi connectivity index (χ4n) is 1.34. The van der Waals surface area contributed by atoms with Crippen molar-refractivity contribution in [2.24, 2.45) is 0 Å². The summed E-state index contributed by atoms with van der Waals surface area (Å²) in [6, 6.07) is 5.55. The second-order valence-electron chi connectivity index (χ2n) is 2.80. The van der Waals surface area contributed by atoms with Gasteiger partial charge in [-0.3, -0.25) is 0 Å². The van der Waals surface area contributed by atoms with Crippen LogP contribution in [0.15, 0.2) is 17.5 Å². The van der Waals surface area contributed by atoms with Crippen molar-refractivity contribution in [2.45, 2.75) is 5.33 Å². The number of rotatable bonds is 1. The molecule has 0 unspecified atom stereocenters. The van der Waals surface area contributed by atoms with E-state index in [0.717, 1.165) is 5.39 Å². The smallest absolute Gasteiger partial charge is 0.146 e. The Balaban J connectivity index is 2.87. The number of halogens is 2. The third-order valence-electron chi connectivity index (χ3n) is 2.04. The molecule has 1 heterocycles. The Labute approximate surface area is 92.9 Å². The first kappa shape index (κ1) is 9.63. The number of thiophene rings is 1. The zero-order valence-corrected chi connectivity index (χ0v) is 9.45. The summed E-state index contributed by atoms with van der Waals surface area (Å²) in [5.74, 6) is -0.272. The molecule has 0 atom stereocenters.